The normalized spacial score (nSPS) is 22.2. The fourth-order valence-electron chi connectivity index (χ4n) is 9.01. The number of likely N-dealkylation sites (tertiary alicyclic amines) is 1. The molecule has 0 aromatic heterocycles. The molecule has 70 heavy (non-hydrogen) atoms. The summed E-state index contributed by atoms with van der Waals surface area (Å²) in [4.78, 5) is 28.1. The quantitative estimate of drug-likeness (QED) is 0.196. The van der Waals surface area contributed by atoms with Crippen molar-refractivity contribution in [1.29, 1.82) is 0 Å². The maximum atomic E-state index is 14.2. The van der Waals surface area contributed by atoms with Crippen molar-refractivity contribution in [3.05, 3.63) is 34.8 Å². The molecule has 5 rings (SSSR count). The highest BCUT2D eigenvalue weighted by atomic mass is 16.5. The molecular weight excluding hydrogens is 861 g/mol. The molecule has 2 heterocycles. The van der Waals surface area contributed by atoms with E-state index in [0.717, 1.165) is 49.8 Å². The Kier molecular flexibility index (Phi) is 18.6. The van der Waals surface area contributed by atoms with Gasteiger partial charge in [0.05, 0.1) is 28.6 Å². The van der Waals surface area contributed by atoms with E-state index in [1.165, 1.54) is 0 Å². The number of hydrogen-bond acceptors (Lipinski definition) is 5. The summed E-state index contributed by atoms with van der Waals surface area (Å²) < 4.78 is 7.76. The Morgan fingerprint density at radius 1 is 0.600 bits per heavy atom. The van der Waals surface area contributed by atoms with Crippen LogP contribution in [0.5, 0.6) is 0 Å². The van der Waals surface area contributed by atoms with E-state index in [2.05, 4.69) is 229 Å². The highest BCUT2D eigenvalue weighted by molar-refractivity contribution is 6.23. The number of aliphatic hydroxyl groups is 1. The molecule has 2 saturated carbocycles. The molecule has 0 spiro atoms. The van der Waals surface area contributed by atoms with Crippen LogP contribution in [0.25, 0.3) is 0 Å². The van der Waals surface area contributed by atoms with Crippen LogP contribution in [0.1, 0.15) is 66.2 Å². The highest BCUT2D eigenvalue weighted by Crippen LogP contribution is 2.54. The largest absolute Gasteiger partial charge is 0.506 e. The molecular formula is C64H39N2O4+. The number of terminal acetylenes is 2. The van der Waals surface area contributed by atoms with Gasteiger partial charge in [-0.3, -0.25) is 4.79 Å². The third-order valence-electron chi connectivity index (χ3n) is 12.3. The predicted molar refractivity (Wildman–Crippen MR) is 270 cm³/mol. The Labute approximate surface area is 414 Å². The van der Waals surface area contributed by atoms with Crippen molar-refractivity contribution < 1.29 is 24.0 Å². The number of methoxy groups -OCH3 is 1. The van der Waals surface area contributed by atoms with Crippen LogP contribution in [0, 0.1) is 243 Å². The fourth-order valence-corrected chi connectivity index (χ4v) is 9.01. The van der Waals surface area contributed by atoms with Crippen LogP contribution < -0.4 is 0 Å². The van der Waals surface area contributed by atoms with E-state index < -0.39 is 10.8 Å². The minimum atomic E-state index is -0.496. The number of nitrogens with zero attached hydrogens (tertiary/aromatic N) is 2. The number of ether oxygens (including phenoxy) is 1. The Bertz CT molecular complexity index is 3600. The van der Waals surface area contributed by atoms with E-state index >= 15 is 0 Å². The molecule has 6 heteroatoms. The summed E-state index contributed by atoms with van der Waals surface area (Å²) in [5.41, 5.74) is 1.03. The van der Waals surface area contributed by atoms with Gasteiger partial charge in [0.25, 0.3) is 0 Å². The molecule has 0 aromatic rings. The number of fused-ring (bicyclic) bond motifs is 2. The molecule has 328 valence electrons. The van der Waals surface area contributed by atoms with Gasteiger partial charge >= 0.3 is 0 Å². The van der Waals surface area contributed by atoms with Crippen molar-refractivity contribution in [3.63, 3.8) is 0 Å². The van der Waals surface area contributed by atoms with Gasteiger partial charge in [0, 0.05) is 143 Å². The SMILES string of the molecule is C#CC#CC#CC#CC#CC#CC#CC#CC#CN1C(=CC2=C(O)C(=CC3=[N+](C#CC#CC#CC#CC#CC#CC#CC#CC#C)C4CCC(C=O)CC4C3(C)C)C2=O)C(C)(C)C2CC(OC)CCC21. The Balaban J connectivity index is 1.43. The summed E-state index contributed by atoms with van der Waals surface area (Å²) in [5.74, 6) is 81.5. The Hall–Kier alpha value is -10.1. The zero-order valence-corrected chi connectivity index (χ0v) is 39.2. The van der Waals surface area contributed by atoms with Crippen LogP contribution in [0.2, 0.25) is 0 Å². The average molecular weight is 900 g/mol. The first-order valence-electron chi connectivity index (χ1n) is 21.8. The lowest BCUT2D eigenvalue weighted by atomic mass is 9.66. The summed E-state index contributed by atoms with van der Waals surface area (Å²) >= 11 is 0. The van der Waals surface area contributed by atoms with Gasteiger partial charge < -0.3 is 19.5 Å². The molecule has 5 aliphatic rings. The van der Waals surface area contributed by atoms with Gasteiger partial charge in [-0.2, -0.15) is 0 Å². The predicted octanol–water partition coefficient (Wildman–Crippen LogP) is 4.43. The van der Waals surface area contributed by atoms with Crippen molar-refractivity contribution in [2.24, 2.45) is 28.6 Å². The first kappa shape index (κ1) is 50.9. The van der Waals surface area contributed by atoms with Gasteiger partial charge in [-0.1, -0.05) is 13.8 Å². The van der Waals surface area contributed by atoms with Gasteiger partial charge in [-0.25, -0.2) is 0 Å². The van der Waals surface area contributed by atoms with E-state index in [0.29, 0.717) is 6.42 Å². The molecule has 3 fully saturated rings. The van der Waals surface area contributed by atoms with Crippen molar-refractivity contribution in [3.8, 4) is 214 Å². The van der Waals surface area contributed by atoms with Crippen LogP contribution in [0.4, 0.5) is 0 Å². The highest BCUT2D eigenvalue weighted by Gasteiger charge is 2.57. The number of aliphatic hydroxyl groups excluding tert-OH is 1. The molecule has 1 saturated heterocycles. The van der Waals surface area contributed by atoms with Crippen LogP contribution in [0.15, 0.2) is 34.8 Å². The zero-order valence-electron chi connectivity index (χ0n) is 39.2. The standard InChI is InChI=1S/C64H38N2O4/c1-8-10-12-14-16-18-20-22-24-26-28-30-32-34-36-38-44-65-57-42-40-51(50-67)46-55(57)63(3,4)59(65)48-53-61(68)54(62(53)69)49-60-64(5,6)56-47-52(70-7)41-43-58(56)66(60)45-39-37-35-33-31-29-27-25-23-21-19-17-15-13-11-9-2/h1-2,48-52,55-58H,40-43,46-47H2,3-7H3/p+1. The van der Waals surface area contributed by atoms with Crippen LogP contribution in [-0.2, 0) is 14.3 Å². The number of aldehydes is 1. The van der Waals surface area contributed by atoms with Crippen molar-refractivity contribution in [2.75, 3.05) is 7.11 Å². The van der Waals surface area contributed by atoms with Gasteiger partial charge in [0.1, 0.15) is 12.0 Å². The first-order valence-corrected chi connectivity index (χ1v) is 21.8. The number of carbonyl (C=O) groups excluding carboxylic acids is 2. The lowest BCUT2D eigenvalue weighted by Gasteiger charge is -2.36. The minimum Gasteiger partial charge on any atom is -0.506 e. The molecule has 0 radical (unpaired) electrons. The smallest absolute Gasteiger partial charge is 0.237 e. The lowest BCUT2D eigenvalue weighted by Crippen LogP contribution is -2.38. The number of ketones is 1. The minimum absolute atomic E-state index is 0.0267. The van der Waals surface area contributed by atoms with Crippen molar-refractivity contribution in [1.82, 2.24) is 4.90 Å². The molecule has 2 aliphatic heterocycles. The van der Waals surface area contributed by atoms with Gasteiger partial charge in [0.15, 0.2) is 11.8 Å². The van der Waals surface area contributed by atoms with E-state index in [9.17, 15) is 14.7 Å². The zero-order chi connectivity index (χ0) is 50.2. The van der Waals surface area contributed by atoms with E-state index in [1.54, 1.807) is 19.3 Å². The lowest BCUT2D eigenvalue weighted by molar-refractivity contribution is -0.482. The van der Waals surface area contributed by atoms with Crippen LogP contribution >= 0.6 is 0 Å². The van der Waals surface area contributed by atoms with E-state index in [4.69, 9.17) is 17.6 Å². The van der Waals surface area contributed by atoms with E-state index in [-0.39, 0.29) is 58.6 Å². The molecule has 0 amide bonds. The van der Waals surface area contributed by atoms with Crippen LogP contribution in [0.3, 0.4) is 0 Å². The molecule has 0 aromatic carbocycles. The summed E-state index contributed by atoms with van der Waals surface area (Å²) in [6.07, 6.45) is 19.3. The van der Waals surface area contributed by atoms with E-state index in [1.807, 2.05) is 9.48 Å². The molecule has 6 nitrogen and oxygen atoms in total. The summed E-state index contributed by atoms with van der Waals surface area (Å²) in [6.45, 7) is 8.45. The summed E-state index contributed by atoms with van der Waals surface area (Å²) in [7, 11) is 1.73. The first-order chi connectivity index (χ1) is 34.0. The molecule has 0 bridgehead atoms. The summed E-state index contributed by atoms with van der Waals surface area (Å²) in [6, 6.07) is 6.44. The Morgan fingerprint density at radius 2 is 1.07 bits per heavy atom. The number of carbonyl (C=O) groups is 2. The van der Waals surface area contributed by atoms with Gasteiger partial charge in [0.2, 0.25) is 11.8 Å². The third kappa shape index (κ3) is 13.0. The number of allylic oxidation sites excluding steroid dienone is 5. The second-order valence-corrected chi connectivity index (χ2v) is 16.7. The fraction of sp³-hybridized carbons (Fsp3) is 0.297. The van der Waals surface area contributed by atoms with Gasteiger partial charge in [-0.05, 0) is 153 Å². The number of rotatable bonds is 4. The maximum absolute atomic E-state index is 14.2. The second-order valence-electron chi connectivity index (χ2n) is 16.7. The number of Topliss-reactive ketones (excluding diaryl/α,β-unsaturated/α-hetero) is 1. The van der Waals surface area contributed by atoms with Crippen molar-refractivity contribution >= 4 is 17.8 Å². The number of hydrogen-bond donors (Lipinski definition) is 1. The molecule has 3 aliphatic carbocycles. The molecule has 6 atom stereocenters. The van der Waals surface area contributed by atoms with Gasteiger partial charge in [-0.15, -0.1) is 17.4 Å². The molecule has 6 unspecified atom stereocenters. The third-order valence-corrected chi connectivity index (χ3v) is 12.3. The average Bonchev–Trinajstić information content (AvgIpc) is 3.70. The molecule has 1 N–H and O–H groups in total. The Morgan fingerprint density at radius 3 is 1.53 bits per heavy atom. The maximum Gasteiger partial charge on any atom is 0.237 e. The monoisotopic (exact) mass is 899 g/mol. The second kappa shape index (κ2) is 25.5. The van der Waals surface area contributed by atoms with Crippen molar-refractivity contribution in [2.45, 2.75) is 84.4 Å². The summed E-state index contributed by atoms with van der Waals surface area (Å²) in [5, 5.41) is 11.7. The topological polar surface area (TPSA) is 69.8 Å². The van der Waals surface area contributed by atoms with Crippen LogP contribution in [-0.4, -0.2) is 57.7 Å².